The Morgan fingerprint density at radius 1 is 1.24 bits per heavy atom. The van der Waals surface area contributed by atoms with Crippen LogP contribution in [0.3, 0.4) is 0 Å². The molecular weight excluding hydrogens is 314 g/mol. The van der Waals surface area contributed by atoms with Gasteiger partial charge in [0.25, 0.3) is 0 Å². The van der Waals surface area contributed by atoms with E-state index in [1.807, 2.05) is 0 Å². The Bertz CT molecular complexity index is 833. The van der Waals surface area contributed by atoms with Crippen LogP contribution >= 0.6 is 0 Å². The first kappa shape index (κ1) is 15.9. The van der Waals surface area contributed by atoms with Crippen molar-refractivity contribution in [2.24, 2.45) is 0 Å². The minimum absolute atomic E-state index is 0.382. The van der Waals surface area contributed by atoms with Crippen LogP contribution in [-0.4, -0.2) is 44.6 Å². The number of hydrogen-bond acceptors (Lipinski definition) is 6. The topological polar surface area (TPSA) is 67.9 Å². The van der Waals surface area contributed by atoms with Crippen molar-refractivity contribution < 1.29 is 4.52 Å². The van der Waals surface area contributed by atoms with Crippen LogP contribution < -0.4 is 0 Å². The zero-order valence-corrected chi connectivity index (χ0v) is 14.3. The van der Waals surface area contributed by atoms with E-state index < -0.39 is 0 Å². The third kappa shape index (κ3) is 3.58. The molecule has 1 aliphatic rings. The Morgan fingerprint density at radius 2 is 2.12 bits per heavy atom. The predicted molar refractivity (Wildman–Crippen MR) is 94.0 cm³/mol. The van der Waals surface area contributed by atoms with Gasteiger partial charge in [0.15, 0.2) is 0 Å². The Labute approximate surface area is 146 Å². The summed E-state index contributed by atoms with van der Waals surface area (Å²) in [4.78, 5) is 15.5. The summed E-state index contributed by atoms with van der Waals surface area (Å²) in [6.07, 6.45) is 5.57. The normalized spacial score (nSPS) is 17.9. The molecule has 1 fully saturated rings. The van der Waals surface area contributed by atoms with Crippen molar-refractivity contribution in [2.75, 3.05) is 19.6 Å². The molecule has 0 spiro atoms. The zero-order chi connectivity index (χ0) is 17.1. The molecule has 1 saturated heterocycles. The Balaban J connectivity index is 1.45. The summed E-state index contributed by atoms with van der Waals surface area (Å²) in [5.41, 5.74) is 3.29. The summed E-state index contributed by atoms with van der Waals surface area (Å²) in [7, 11) is 0. The van der Waals surface area contributed by atoms with E-state index in [2.05, 4.69) is 55.3 Å². The number of likely N-dealkylation sites (tertiary alicyclic amines) is 1. The molecule has 0 radical (unpaired) electrons. The van der Waals surface area contributed by atoms with Gasteiger partial charge in [0, 0.05) is 32.1 Å². The summed E-state index contributed by atoms with van der Waals surface area (Å²) in [6.45, 7) is 4.96. The van der Waals surface area contributed by atoms with E-state index in [1.54, 1.807) is 19.4 Å². The van der Waals surface area contributed by atoms with E-state index in [9.17, 15) is 0 Å². The van der Waals surface area contributed by atoms with Crippen molar-refractivity contribution in [2.45, 2.75) is 25.7 Å². The maximum atomic E-state index is 5.12. The quantitative estimate of drug-likeness (QED) is 0.714. The smallest absolute Gasteiger partial charge is 0.223 e. The first-order valence-corrected chi connectivity index (χ1v) is 8.66. The molecule has 1 aliphatic heterocycles. The van der Waals surface area contributed by atoms with Crippen LogP contribution in [0.2, 0.25) is 0 Å². The molecule has 25 heavy (non-hydrogen) atoms. The molecule has 0 aliphatic carbocycles. The third-order valence-electron chi connectivity index (χ3n) is 4.73. The van der Waals surface area contributed by atoms with Crippen LogP contribution in [0.5, 0.6) is 0 Å². The number of nitrogens with zero attached hydrogens (tertiary/aromatic N) is 5. The molecule has 0 amide bonds. The Hall–Kier alpha value is -2.60. The standard InChI is InChI=1S/C19H21N5O/c1-14-22-19(23-25-14)17-11-20-13-21-18(17)16-8-10-24(12-16)9-7-15-5-3-2-4-6-15/h2-6,11,13,16H,7-10,12H2,1H3/t16-/m1/s1. The highest BCUT2D eigenvalue weighted by Crippen LogP contribution is 2.31. The largest absolute Gasteiger partial charge is 0.339 e. The molecule has 4 rings (SSSR count). The fraction of sp³-hybridized carbons (Fsp3) is 0.368. The summed E-state index contributed by atoms with van der Waals surface area (Å²) < 4.78 is 5.12. The van der Waals surface area contributed by atoms with Gasteiger partial charge in [0.1, 0.15) is 6.33 Å². The van der Waals surface area contributed by atoms with Gasteiger partial charge in [-0.3, -0.25) is 0 Å². The van der Waals surface area contributed by atoms with Crippen LogP contribution in [0.4, 0.5) is 0 Å². The first-order chi connectivity index (χ1) is 12.3. The van der Waals surface area contributed by atoms with Crippen molar-refractivity contribution in [1.82, 2.24) is 25.0 Å². The van der Waals surface area contributed by atoms with Crippen molar-refractivity contribution in [1.29, 1.82) is 0 Å². The first-order valence-electron chi connectivity index (χ1n) is 8.66. The summed E-state index contributed by atoms with van der Waals surface area (Å²) in [5.74, 6) is 1.52. The summed E-state index contributed by atoms with van der Waals surface area (Å²) >= 11 is 0. The molecule has 0 bridgehead atoms. The second-order valence-corrected chi connectivity index (χ2v) is 6.48. The van der Waals surface area contributed by atoms with Gasteiger partial charge in [0.2, 0.25) is 11.7 Å². The van der Waals surface area contributed by atoms with Crippen LogP contribution in [0.25, 0.3) is 11.4 Å². The maximum Gasteiger partial charge on any atom is 0.223 e. The highest BCUT2D eigenvalue weighted by molar-refractivity contribution is 5.57. The molecule has 3 heterocycles. The number of benzene rings is 1. The second-order valence-electron chi connectivity index (χ2n) is 6.48. The molecule has 6 heteroatoms. The lowest BCUT2D eigenvalue weighted by atomic mass is 10.00. The molecule has 3 aromatic rings. The third-order valence-corrected chi connectivity index (χ3v) is 4.73. The average Bonchev–Trinajstić information content (AvgIpc) is 3.30. The molecule has 6 nitrogen and oxygen atoms in total. The van der Waals surface area contributed by atoms with Gasteiger partial charge in [-0.25, -0.2) is 9.97 Å². The summed E-state index contributed by atoms with van der Waals surface area (Å²) in [5, 5.41) is 4.03. The van der Waals surface area contributed by atoms with E-state index in [4.69, 9.17) is 4.52 Å². The maximum absolute atomic E-state index is 5.12. The van der Waals surface area contributed by atoms with E-state index in [0.717, 1.165) is 43.7 Å². The molecule has 0 unspecified atom stereocenters. The SMILES string of the molecule is Cc1nc(-c2cncnc2[C@@H]2CCN(CCc3ccccc3)C2)no1. The van der Waals surface area contributed by atoms with Gasteiger partial charge < -0.3 is 9.42 Å². The van der Waals surface area contributed by atoms with Crippen molar-refractivity contribution in [3.63, 3.8) is 0 Å². The number of aryl methyl sites for hydroxylation is 1. The van der Waals surface area contributed by atoms with Crippen molar-refractivity contribution in [3.05, 3.63) is 60.0 Å². The van der Waals surface area contributed by atoms with Crippen LogP contribution in [-0.2, 0) is 6.42 Å². The number of hydrogen-bond donors (Lipinski definition) is 0. The fourth-order valence-electron chi connectivity index (χ4n) is 3.44. The monoisotopic (exact) mass is 335 g/mol. The lowest BCUT2D eigenvalue weighted by molar-refractivity contribution is 0.338. The lowest BCUT2D eigenvalue weighted by Gasteiger charge is -2.16. The van der Waals surface area contributed by atoms with Gasteiger partial charge in [-0.2, -0.15) is 4.98 Å². The minimum atomic E-state index is 0.382. The summed E-state index contributed by atoms with van der Waals surface area (Å²) in [6, 6.07) is 10.6. The van der Waals surface area contributed by atoms with Crippen LogP contribution in [0.1, 0.15) is 29.5 Å². The molecule has 1 atom stereocenters. The zero-order valence-electron chi connectivity index (χ0n) is 14.3. The lowest BCUT2D eigenvalue weighted by Crippen LogP contribution is -2.23. The molecule has 0 saturated carbocycles. The highest BCUT2D eigenvalue weighted by Gasteiger charge is 2.28. The van der Waals surface area contributed by atoms with Crippen LogP contribution in [0.15, 0.2) is 47.4 Å². The molecule has 128 valence electrons. The van der Waals surface area contributed by atoms with Crippen molar-refractivity contribution >= 4 is 0 Å². The van der Waals surface area contributed by atoms with Gasteiger partial charge in [-0.1, -0.05) is 35.5 Å². The molecular formula is C19H21N5O. The average molecular weight is 335 g/mol. The number of aromatic nitrogens is 4. The van der Waals surface area contributed by atoms with E-state index in [1.165, 1.54) is 5.56 Å². The van der Waals surface area contributed by atoms with Gasteiger partial charge in [-0.15, -0.1) is 0 Å². The van der Waals surface area contributed by atoms with E-state index in [-0.39, 0.29) is 0 Å². The van der Waals surface area contributed by atoms with E-state index in [0.29, 0.717) is 17.6 Å². The van der Waals surface area contributed by atoms with Crippen molar-refractivity contribution in [3.8, 4) is 11.4 Å². The predicted octanol–water partition coefficient (Wildman–Crippen LogP) is 2.87. The van der Waals surface area contributed by atoms with Gasteiger partial charge >= 0.3 is 0 Å². The van der Waals surface area contributed by atoms with Gasteiger partial charge in [0.05, 0.1) is 11.3 Å². The van der Waals surface area contributed by atoms with E-state index >= 15 is 0 Å². The Kier molecular flexibility index (Phi) is 4.52. The van der Waals surface area contributed by atoms with Gasteiger partial charge in [-0.05, 0) is 24.9 Å². The minimum Gasteiger partial charge on any atom is -0.339 e. The van der Waals surface area contributed by atoms with Crippen LogP contribution in [0, 0.1) is 6.92 Å². The molecule has 1 aromatic carbocycles. The number of rotatable bonds is 5. The molecule has 2 aromatic heterocycles. The second kappa shape index (κ2) is 7.11. The fourth-order valence-corrected chi connectivity index (χ4v) is 3.44. The Morgan fingerprint density at radius 3 is 2.92 bits per heavy atom. The molecule has 0 N–H and O–H groups in total. The highest BCUT2D eigenvalue weighted by atomic mass is 16.5.